The Balaban J connectivity index is 0.000000490. The molecule has 1 aliphatic carbocycles. The molecule has 1 aliphatic rings. The van der Waals surface area contributed by atoms with Crippen LogP contribution in [0.4, 0.5) is 0 Å². The molecule has 0 amide bonds. The summed E-state index contributed by atoms with van der Waals surface area (Å²) in [6.07, 6.45) is 0.826. The van der Waals surface area contributed by atoms with Crippen molar-refractivity contribution in [1.82, 2.24) is 0 Å². The second-order valence-electron chi connectivity index (χ2n) is 2.30. The minimum absolute atomic E-state index is 0. The number of halogens is 1. The molecule has 3 atom stereocenters. The maximum absolute atomic E-state index is 8.78. The first-order chi connectivity index (χ1) is 3.22. The monoisotopic (exact) mass is 137 g/mol. The highest BCUT2D eigenvalue weighted by Gasteiger charge is 2.36. The third-order valence-electron chi connectivity index (χ3n) is 1.51. The van der Waals surface area contributed by atoms with Crippen molar-refractivity contribution >= 4 is 12.4 Å². The van der Waals surface area contributed by atoms with E-state index < -0.39 is 0 Å². The Morgan fingerprint density at radius 3 is 2.12 bits per heavy atom. The maximum atomic E-state index is 8.78. The van der Waals surface area contributed by atoms with Gasteiger partial charge in [0.2, 0.25) is 0 Å². The van der Waals surface area contributed by atoms with Gasteiger partial charge in [0.05, 0.1) is 6.10 Å². The second-order valence-corrected chi connectivity index (χ2v) is 2.30. The van der Waals surface area contributed by atoms with Gasteiger partial charge in [-0.05, 0) is 13.3 Å². The molecule has 3 N–H and O–H groups in total. The maximum Gasteiger partial charge on any atom is 0.0555 e. The molecule has 50 valence electrons. The molecule has 1 rings (SSSR count). The van der Waals surface area contributed by atoms with Gasteiger partial charge in [0.15, 0.2) is 0 Å². The topological polar surface area (TPSA) is 46.2 Å². The minimum Gasteiger partial charge on any atom is -0.393 e. The number of nitrogens with two attached hydrogens (primary N) is 1. The lowest BCUT2D eigenvalue weighted by Gasteiger charge is -1.96. The SMILES string of the molecule is CC(O)[C@@H]1C[C@H]1N.Cl. The Kier molecular flexibility index (Phi) is 2.74. The van der Waals surface area contributed by atoms with E-state index in [-0.39, 0.29) is 18.5 Å². The molecule has 3 heteroatoms. The fraction of sp³-hybridized carbons (Fsp3) is 1.00. The van der Waals surface area contributed by atoms with Crippen LogP contribution in [0.1, 0.15) is 13.3 Å². The summed E-state index contributed by atoms with van der Waals surface area (Å²) < 4.78 is 0. The smallest absolute Gasteiger partial charge is 0.0555 e. The Labute approximate surface area is 55.5 Å². The molecular weight excluding hydrogens is 126 g/mol. The summed E-state index contributed by atoms with van der Waals surface area (Å²) in [4.78, 5) is 0. The van der Waals surface area contributed by atoms with Gasteiger partial charge in [0.1, 0.15) is 0 Å². The van der Waals surface area contributed by atoms with Crippen LogP contribution in [0.3, 0.4) is 0 Å². The minimum atomic E-state index is -0.185. The van der Waals surface area contributed by atoms with Gasteiger partial charge in [-0.15, -0.1) is 12.4 Å². The predicted octanol–water partition coefficient (Wildman–Crippen LogP) is 0.136. The molecule has 1 saturated carbocycles. The van der Waals surface area contributed by atoms with E-state index in [4.69, 9.17) is 10.8 Å². The fourth-order valence-electron chi connectivity index (χ4n) is 0.790. The van der Waals surface area contributed by atoms with Gasteiger partial charge in [-0.1, -0.05) is 0 Å². The summed E-state index contributed by atoms with van der Waals surface area (Å²) in [6, 6.07) is 0.292. The van der Waals surface area contributed by atoms with Crippen LogP contribution >= 0.6 is 12.4 Å². The van der Waals surface area contributed by atoms with Crippen molar-refractivity contribution in [2.75, 3.05) is 0 Å². The van der Waals surface area contributed by atoms with Crippen LogP contribution in [0.2, 0.25) is 0 Å². The molecule has 0 aliphatic heterocycles. The first-order valence-electron chi connectivity index (χ1n) is 2.65. The number of aliphatic hydroxyl groups is 1. The molecule has 0 saturated heterocycles. The Bertz CT molecular complexity index is 76.8. The largest absolute Gasteiger partial charge is 0.393 e. The zero-order valence-corrected chi connectivity index (χ0v) is 5.69. The summed E-state index contributed by atoms with van der Waals surface area (Å²) >= 11 is 0. The van der Waals surface area contributed by atoms with E-state index in [9.17, 15) is 0 Å². The number of hydrogen-bond donors (Lipinski definition) is 2. The zero-order chi connectivity index (χ0) is 5.44. The van der Waals surface area contributed by atoms with Crippen LogP contribution < -0.4 is 5.73 Å². The summed E-state index contributed by atoms with van der Waals surface area (Å²) in [6.45, 7) is 1.79. The van der Waals surface area contributed by atoms with Crippen molar-refractivity contribution in [3.63, 3.8) is 0 Å². The van der Waals surface area contributed by atoms with Crippen molar-refractivity contribution in [3.8, 4) is 0 Å². The molecule has 0 aromatic carbocycles. The molecule has 0 radical (unpaired) electrons. The zero-order valence-electron chi connectivity index (χ0n) is 4.87. The molecule has 0 spiro atoms. The molecule has 0 heterocycles. The van der Waals surface area contributed by atoms with E-state index in [0.29, 0.717) is 12.0 Å². The normalized spacial score (nSPS) is 37.9. The molecule has 0 aromatic heterocycles. The average molecular weight is 138 g/mol. The van der Waals surface area contributed by atoms with Crippen molar-refractivity contribution in [2.24, 2.45) is 11.7 Å². The summed E-state index contributed by atoms with van der Waals surface area (Å²) in [5.41, 5.74) is 5.41. The highest BCUT2D eigenvalue weighted by molar-refractivity contribution is 5.85. The van der Waals surface area contributed by atoms with Gasteiger partial charge in [0, 0.05) is 12.0 Å². The summed E-state index contributed by atoms with van der Waals surface area (Å²) in [7, 11) is 0. The van der Waals surface area contributed by atoms with Crippen LogP contribution in [0, 0.1) is 5.92 Å². The van der Waals surface area contributed by atoms with Gasteiger partial charge in [-0.3, -0.25) is 0 Å². The lowest BCUT2D eigenvalue weighted by molar-refractivity contribution is 0.169. The van der Waals surface area contributed by atoms with Gasteiger partial charge in [-0.25, -0.2) is 0 Å². The van der Waals surface area contributed by atoms with Crippen molar-refractivity contribution in [3.05, 3.63) is 0 Å². The molecular formula is C5H12ClNO. The predicted molar refractivity (Wildman–Crippen MR) is 35.0 cm³/mol. The standard InChI is InChI=1S/C5H11NO.ClH/c1-3(7)4-2-5(4)6;/h3-5,7H,2,6H2,1H3;1H/t3?,4-,5+;/m0./s1. The molecule has 2 nitrogen and oxygen atoms in total. The molecule has 0 bridgehead atoms. The second kappa shape index (κ2) is 2.67. The molecule has 1 unspecified atom stereocenters. The van der Waals surface area contributed by atoms with Gasteiger partial charge in [0.25, 0.3) is 0 Å². The third-order valence-corrected chi connectivity index (χ3v) is 1.51. The van der Waals surface area contributed by atoms with Crippen LogP contribution in [-0.2, 0) is 0 Å². The highest BCUT2D eigenvalue weighted by atomic mass is 35.5. The number of aliphatic hydroxyl groups excluding tert-OH is 1. The van der Waals surface area contributed by atoms with Crippen LogP contribution in [-0.4, -0.2) is 17.3 Å². The van der Waals surface area contributed by atoms with Crippen molar-refractivity contribution in [2.45, 2.75) is 25.5 Å². The average Bonchev–Trinajstić information content (AvgIpc) is 2.17. The van der Waals surface area contributed by atoms with E-state index >= 15 is 0 Å². The first-order valence-corrected chi connectivity index (χ1v) is 2.65. The summed E-state index contributed by atoms with van der Waals surface area (Å²) in [5, 5.41) is 8.78. The van der Waals surface area contributed by atoms with E-state index in [2.05, 4.69) is 0 Å². The Morgan fingerprint density at radius 1 is 1.75 bits per heavy atom. The first kappa shape index (κ1) is 8.21. The molecule has 1 fully saturated rings. The fourth-order valence-corrected chi connectivity index (χ4v) is 0.790. The molecule has 8 heavy (non-hydrogen) atoms. The third kappa shape index (κ3) is 1.62. The van der Waals surface area contributed by atoms with E-state index in [1.165, 1.54) is 0 Å². The van der Waals surface area contributed by atoms with Crippen molar-refractivity contribution < 1.29 is 5.11 Å². The van der Waals surface area contributed by atoms with Crippen molar-refractivity contribution in [1.29, 1.82) is 0 Å². The highest BCUT2D eigenvalue weighted by Crippen LogP contribution is 2.30. The Morgan fingerprint density at radius 2 is 2.12 bits per heavy atom. The van der Waals surface area contributed by atoms with Gasteiger partial charge >= 0.3 is 0 Å². The lowest BCUT2D eigenvalue weighted by atomic mass is 10.3. The van der Waals surface area contributed by atoms with Crippen LogP contribution in [0.15, 0.2) is 0 Å². The van der Waals surface area contributed by atoms with Crippen LogP contribution in [0.5, 0.6) is 0 Å². The number of hydrogen-bond acceptors (Lipinski definition) is 2. The van der Waals surface area contributed by atoms with Gasteiger partial charge < -0.3 is 10.8 Å². The van der Waals surface area contributed by atoms with Crippen LogP contribution in [0.25, 0.3) is 0 Å². The van der Waals surface area contributed by atoms with E-state index in [1.54, 1.807) is 6.92 Å². The molecule has 0 aromatic rings. The lowest BCUT2D eigenvalue weighted by Crippen LogP contribution is -2.11. The quantitative estimate of drug-likeness (QED) is 0.540. The Hall–Kier alpha value is 0.210. The summed E-state index contributed by atoms with van der Waals surface area (Å²) in [5.74, 6) is 0.403. The number of rotatable bonds is 1. The van der Waals surface area contributed by atoms with E-state index in [0.717, 1.165) is 6.42 Å². The van der Waals surface area contributed by atoms with Gasteiger partial charge in [-0.2, -0.15) is 0 Å². The van der Waals surface area contributed by atoms with E-state index in [1.807, 2.05) is 0 Å².